The molecule has 0 bridgehead atoms. The van der Waals surface area contributed by atoms with Crippen molar-refractivity contribution in [3.8, 4) is 0 Å². The summed E-state index contributed by atoms with van der Waals surface area (Å²) in [4.78, 5) is 12.0. The van der Waals surface area contributed by atoms with Crippen LogP contribution in [0.25, 0.3) is 0 Å². The molecule has 98 valence electrons. The van der Waals surface area contributed by atoms with Crippen molar-refractivity contribution in [2.45, 2.75) is 19.5 Å². The summed E-state index contributed by atoms with van der Waals surface area (Å²) in [6.45, 7) is 5.45. The first-order valence-corrected chi connectivity index (χ1v) is 5.95. The van der Waals surface area contributed by atoms with Gasteiger partial charge < -0.3 is 5.32 Å². The fourth-order valence-corrected chi connectivity index (χ4v) is 2.21. The van der Waals surface area contributed by atoms with E-state index in [9.17, 15) is 14.5 Å². The Morgan fingerprint density at radius 2 is 2.39 bits per heavy atom. The fraction of sp³-hybridized carbons (Fsp3) is 0.500. The lowest BCUT2D eigenvalue weighted by atomic mass is 10.1. The summed E-state index contributed by atoms with van der Waals surface area (Å²) < 4.78 is 13.5. The van der Waals surface area contributed by atoms with Crippen LogP contribution in [0, 0.1) is 15.9 Å². The van der Waals surface area contributed by atoms with E-state index in [-0.39, 0.29) is 0 Å². The normalized spacial score (nSPS) is 20.9. The molecule has 1 N–H and O–H groups in total. The number of nitrogens with zero attached hydrogens (tertiary/aromatic N) is 2. The van der Waals surface area contributed by atoms with Gasteiger partial charge in [-0.05, 0) is 18.6 Å². The predicted molar refractivity (Wildman–Crippen MR) is 65.8 cm³/mol. The van der Waals surface area contributed by atoms with Gasteiger partial charge in [0.05, 0.1) is 4.92 Å². The molecule has 1 aliphatic rings. The second kappa shape index (κ2) is 5.41. The summed E-state index contributed by atoms with van der Waals surface area (Å²) >= 11 is 0. The number of nitrogens with one attached hydrogen (secondary N) is 1. The van der Waals surface area contributed by atoms with E-state index < -0.39 is 16.4 Å². The number of rotatable bonds is 3. The highest BCUT2D eigenvalue weighted by atomic mass is 19.1. The summed E-state index contributed by atoms with van der Waals surface area (Å²) in [6.07, 6.45) is 0. The van der Waals surface area contributed by atoms with Crippen LogP contribution < -0.4 is 5.32 Å². The molecule has 1 aliphatic heterocycles. The topological polar surface area (TPSA) is 58.4 Å². The van der Waals surface area contributed by atoms with Crippen LogP contribution in [0.2, 0.25) is 0 Å². The van der Waals surface area contributed by atoms with E-state index in [1.165, 1.54) is 12.1 Å². The first kappa shape index (κ1) is 12.9. The molecule has 6 heteroatoms. The Hall–Kier alpha value is -1.53. The van der Waals surface area contributed by atoms with Gasteiger partial charge in [-0.1, -0.05) is 6.07 Å². The fourth-order valence-electron chi connectivity index (χ4n) is 2.21. The average molecular weight is 253 g/mol. The molecule has 0 aliphatic carbocycles. The molecular weight excluding hydrogens is 237 g/mol. The minimum Gasteiger partial charge on any atom is -0.312 e. The Morgan fingerprint density at radius 3 is 3.00 bits per heavy atom. The Bertz CT molecular complexity index is 453. The summed E-state index contributed by atoms with van der Waals surface area (Å²) in [5.41, 5.74) is 0.305. The molecule has 1 fully saturated rings. The molecular formula is C12H16FN3O2. The van der Waals surface area contributed by atoms with Gasteiger partial charge in [-0.2, -0.15) is 4.39 Å². The number of piperazine rings is 1. The zero-order valence-electron chi connectivity index (χ0n) is 10.2. The number of benzene rings is 1. The monoisotopic (exact) mass is 253 g/mol. The third-order valence-corrected chi connectivity index (χ3v) is 3.07. The van der Waals surface area contributed by atoms with Crippen molar-refractivity contribution >= 4 is 5.69 Å². The smallest absolute Gasteiger partial charge is 0.304 e. The van der Waals surface area contributed by atoms with Crippen LogP contribution >= 0.6 is 0 Å². The second-order valence-electron chi connectivity index (χ2n) is 4.63. The van der Waals surface area contributed by atoms with Crippen molar-refractivity contribution in [1.82, 2.24) is 10.2 Å². The zero-order valence-corrected chi connectivity index (χ0v) is 10.2. The molecule has 0 aromatic heterocycles. The predicted octanol–water partition coefficient (Wildman–Crippen LogP) is 1.53. The Labute approximate surface area is 105 Å². The molecule has 1 aromatic carbocycles. The van der Waals surface area contributed by atoms with Crippen molar-refractivity contribution in [1.29, 1.82) is 0 Å². The zero-order chi connectivity index (χ0) is 13.1. The third kappa shape index (κ3) is 3.02. The van der Waals surface area contributed by atoms with Crippen LogP contribution in [-0.2, 0) is 6.54 Å². The molecule has 1 saturated heterocycles. The largest absolute Gasteiger partial charge is 0.312 e. The van der Waals surface area contributed by atoms with E-state index in [1.807, 2.05) is 0 Å². The maximum Gasteiger partial charge on any atom is 0.304 e. The molecule has 5 nitrogen and oxygen atoms in total. The number of nitro groups is 1. The number of halogens is 1. The first-order valence-electron chi connectivity index (χ1n) is 5.95. The summed E-state index contributed by atoms with van der Waals surface area (Å²) in [5.74, 6) is -0.763. The Kier molecular flexibility index (Phi) is 3.88. The lowest BCUT2D eigenvalue weighted by Gasteiger charge is -2.31. The van der Waals surface area contributed by atoms with Gasteiger partial charge in [-0.25, -0.2) is 0 Å². The van der Waals surface area contributed by atoms with Gasteiger partial charge in [0.25, 0.3) is 0 Å². The van der Waals surface area contributed by atoms with E-state index in [0.717, 1.165) is 25.2 Å². The van der Waals surface area contributed by atoms with Crippen LogP contribution in [0.3, 0.4) is 0 Å². The maximum absolute atomic E-state index is 13.5. The van der Waals surface area contributed by atoms with Crippen molar-refractivity contribution in [3.05, 3.63) is 39.7 Å². The van der Waals surface area contributed by atoms with Gasteiger partial charge in [-0.3, -0.25) is 15.0 Å². The van der Waals surface area contributed by atoms with Crippen molar-refractivity contribution in [2.24, 2.45) is 0 Å². The highest BCUT2D eigenvalue weighted by molar-refractivity contribution is 5.35. The van der Waals surface area contributed by atoms with Crippen LogP contribution in [0.15, 0.2) is 18.2 Å². The van der Waals surface area contributed by atoms with E-state index in [2.05, 4.69) is 17.1 Å². The average Bonchev–Trinajstić information content (AvgIpc) is 2.28. The minimum atomic E-state index is -0.763. The molecule has 1 aromatic rings. The van der Waals surface area contributed by atoms with Crippen molar-refractivity contribution in [3.63, 3.8) is 0 Å². The molecule has 0 unspecified atom stereocenters. The van der Waals surface area contributed by atoms with Gasteiger partial charge in [0.15, 0.2) is 0 Å². The number of hydrogen-bond donors (Lipinski definition) is 1. The van der Waals surface area contributed by atoms with Gasteiger partial charge in [0, 0.05) is 38.3 Å². The molecule has 1 heterocycles. The van der Waals surface area contributed by atoms with Crippen molar-refractivity contribution < 1.29 is 9.31 Å². The quantitative estimate of drug-likeness (QED) is 0.655. The van der Waals surface area contributed by atoms with Gasteiger partial charge >= 0.3 is 5.69 Å². The van der Waals surface area contributed by atoms with Crippen molar-refractivity contribution in [2.75, 3.05) is 19.6 Å². The van der Waals surface area contributed by atoms with Crippen LogP contribution in [-0.4, -0.2) is 35.5 Å². The molecule has 0 spiro atoms. The maximum atomic E-state index is 13.5. The van der Waals surface area contributed by atoms with E-state index in [0.29, 0.717) is 12.6 Å². The standard InChI is InChI=1S/C12H16FN3O2/c1-9-7-15(5-4-14-9)8-10-2-3-12(16(17)18)11(13)6-10/h2-3,6,9,14H,4-5,7-8H2,1H3/t9-/m0/s1. The van der Waals surface area contributed by atoms with Gasteiger partial charge in [-0.15, -0.1) is 0 Å². The molecule has 0 radical (unpaired) electrons. The molecule has 0 saturated carbocycles. The van der Waals surface area contributed by atoms with E-state index in [1.54, 1.807) is 6.07 Å². The highest BCUT2D eigenvalue weighted by Gasteiger charge is 2.18. The van der Waals surface area contributed by atoms with Gasteiger partial charge in [0.1, 0.15) is 0 Å². The number of hydrogen-bond acceptors (Lipinski definition) is 4. The lowest BCUT2D eigenvalue weighted by molar-refractivity contribution is -0.387. The van der Waals surface area contributed by atoms with Gasteiger partial charge in [0.2, 0.25) is 5.82 Å². The minimum absolute atomic E-state index is 0.418. The highest BCUT2D eigenvalue weighted by Crippen LogP contribution is 2.19. The Morgan fingerprint density at radius 1 is 1.61 bits per heavy atom. The summed E-state index contributed by atoms with van der Waals surface area (Å²) in [5, 5.41) is 13.8. The first-order chi connectivity index (χ1) is 8.56. The Balaban J connectivity index is 2.05. The second-order valence-corrected chi connectivity index (χ2v) is 4.63. The summed E-state index contributed by atoms with van der Waals surface area (Å²) in [6, 6.07) is 4.52. The van der Waals surface area contributed by atoms with Crippen LogP contribution in [0.5, 0.6) is 0 Å². The number of nitro benzene ring substituents is 1. The third-order valence-electron chi connectivity index (χ3n) is 3.07. The molecule has 1 atom stereocenters. The van der Waals surface area contributed by atoms with E-state index in [4.69, 9.17) is 0 Å². The molecule has 0 amide bonds. The summed E-state index contributed by atoms with van der Waals surface area (Å²) in [7, 11) is 0. The SMILES string of the molecule is C[C@H]1CN(Cc2ccc([N+](=O)[O-])c(F)c2)CCN1. The van der Waals surface area contributed by atoms with Crippen LogP contribution in [0.1, 0.15) is 12.5 Å². The van der Waals surface area contributed by atoms with Crippen LogP contribution in [0.4, 0.5) is 10.1 Å². The van der Waals surface area contributed by atoms with E-state index >= 15 is 0 Å². The molecule has 2 rings (SSSR count). The lowest BCUT2D eigenvalue weighted by Crippen LogP contribution is -2.48. The molecule has 18 heavy (non-hydrogen) atoms.